The molecule has 16 heavy (non-hydrogen) atoms. The summed E-state index contributed by atoms with van der Waals surface area (Å²) in [7, 11) is 3.67. The van der Waals surface area contributed by atoms with Gasteiger partial charge in [0.2, 0.25) is 5.91 Å². The van der Waals surface area contributed by atoms with Gasteiger partial charge in [0.1, 0.15) is 0 Å². The van der Waals surface area contributed by atoms with Crippen LogP contribution >= 0.6 is 0 Å². The van der Waals surface area contributed by atoms with Gasteiger partial charge in [0.25, 0.3) is 0 Å². The molecule has 0 aliphatic heterocycles. The highest BCUT2D eigenvalue weighted by Crippen LogP contribution is 1.94. The van der Waals surface area contributed by atoms with Crippen LogP contribution in [0.4, 0.5) is 0 Å². The molecule has 0 bridgehead atoms. The van der Waals surface area contributed by atoms with E-state index >= 15 is 0 Å². The largest absolute Gasteiger partial charge is 0.444 e. The summed E-state index contributed by atoms with van der Waals surface area (Å²) in [4.78, 5) is 22.1. The van der Waals surface area contributed by atoms with Crippen molar-refractivity contribution >= 4 is 11.9 Å². The van der Waals surface area contributed by atoms with Crippen molar-refractivity contribution in [2.45, 2.75) is 26.1 Å². The van der Waals surface area contributed by atoms with Crippen LogP contribution in [0.5, 0.6) is 0 Å². The first kappa shape index (κ1) is 17.0. The SMILES string of the molecule is C=CC(=O)OC(C)N(C)C.CC(N)C(N)=O. The second-order valence-electron chi connectivity index (χ2n) is 3.39. The number of rotatable bonds is 4. The number of hydrogen-bond donors (Lipinski definition) is 2. The van der Waals surface area contributed by atoms with Gasteiger partial charge >= 0.3 is 5.97 Å². The molecular formula is C10H21N3O3. The topological polar surface area (TPSA) is 98.7 Å². The van der Waals surface area contributed by atoms with Gasteiger partial charge < -0.3 is 16.2 Å². The molecule has 0 radical (unpaired) electrons. The molecule has 1 amide bonds. The summed E-state index contributed by atoms with van der Waals surface area (Å²) in [6, 6.07) is -0.509. The lowest BCUT2D eigenvalue weighted by Gasteiger charge is -2.18. The van der Waals surface area contributed by atoms with Crippen LogP contribution in [0.1, 0.15) is 13.8 Å². The van der Waals surface area contributed by atoms with E-state index in [1.54, 1.807) is 18.7 Å². The number of esters is 1. The van der Waals surface area contributed by atoms with Gasteiger partial charge in [-0.2, -0.15) is 0 Å². The summed E-state index contributed by atoms with van der Waals surface area (Å²) < 4.78 is 4.83. The van der Waals surface area contributed by atoms with Crippen LogP contribution in [0.25, 0.3) is 0 Å². The highest BCUT2D eigenvalue weighted by molar-refractivity contribution is 5.81. The van der Waals surface area contributed by atoms with Crippen LogP contribution in [-0.4, -0.2) is 43.1 Å². The molecule has 2 unspecified atom stereocenters. The predicted octanol–water partition coefficient (Wildman–Crippen LogP) is -0.558. The molecule has 0 saturated carbocycles. The standard InChI is InChI=1S/C7H13NO2.C3H8N2O/c1-5-7(9)10-6(2)8(3)4;1-2(4)3(5)6/h5-6H,1H2,2-4H3;2H,4H2,1H3,(H2,5,6). The Balaban J connectivity index is 0. The molecule has 0 aliphatic carbocycles. The Bertz CT molecular complexity index is 239. The minimum atomic E-state index is -0.509. The Morgan fingerprint density at radius 3 is 1.94 bits per heavy atom. The molecule has 2 atom stereocenters. The minimum Gasteiger partial charge on any atom is -0.444 e. The second kappa shape index (κ2) is 8.87. The number of carbonyl (C=O) groups is 2. The number of ether oxygens (including phenoxy) is 1. The van der Waals surface area contributed by atoms with Gasteiger partial charge in [0.05, 0.1) is 6.04 Å². The number of nitrogens with two attached hydrogens (primary N) is 2. The fourth-order valence-electron chi connectivity index (χ4n) is 0.322. The van der Waals surface area contributed by atoms with Crippen LogP contribution < -0.4 is 11.5 Å². The zero-order valence-corrected chi connectivity index (χ0v) is 10.3. The van der Waals surface area contributed by atoms with Crippen LogP contribution in [0.3, 0.4) is 0 Å². The number of primary amides is 1. The molecule has 94 valence electrons. The van der Waals surface area contributed by atoms with E-state index in [1.807, 2.05) is 14.1 Å². The van der Waals surface area contributed by atoms with Gasteiger partial charge in [0, 0.05) is 6.08 Å². The summed E-state index contributed by atoms with van der Waals surface area (Å²) in [5.74, 6) is -0.851. The monoisotopic (exact) mass is 231 g/mol. The molecule has 0 aromatic heterocycles. The summed E-state index contributed by atoms with van der Waals surface area (Å²) >= 11 is 0. The number of nitrogens with zero attached hydrogens (tertiary/aromatic N) is 1. The van der Waals surface area contributed by atoms with Crippen molar-refractivity contribution in [2.75, 3.05) is 14.1 Å². The van der Waals surface area contributed by atoms with E-state index in [0.717, 1.165) is 6.08 Å². The summed E-state index contributed by atoms with van der Waals surface area (Å²) in [5.41, 5.74) is 9.63. The van der Waals surface area contributed by atoms with Crippen molar-refractivity contribution in [3.63, 3.8) is 0 Å². The Morgan fingerprint density at radius 1 is 1.38 bits per heavy atom. The molecule has 0 fully saturated rings. The second-order valence-corrected chi connectivity index (χ2v) is 3.39. The minimum absolute atomic E-state index is 0.189. The van der Waals surface area contributed by atoms with E-state index in [2.05, 4.69) is 12.3 Å². The average Bonchev–Trinajstić information content (AvgIpc) is 2.18. The maximum atomic E-state index is 10.6. The van der Waals surface area contributed by atoms with Gasteiger partial charge in [-0.25, -0.2) is 4.79 Å². The van der Waals surface area contributed by atoms with Crippen molar-refractivity contribution in [1.29, 1.82) is 0 Å². The summed E-state index contributed by atoms with van der Waals surface area (Å²) in [6.07, 6.45) is 0.963. The normalized spacial score (nSPS) is 13.1. The molecule has 0 heterocycles. The summed E-state index contributed by atoms with van der Waals surface area (Å²) in [5, 5.41) is 0. The highest BCUT2D eigenvalue weighted by Gasteiger charge is 2.06. The molecule has 0 aliphatic rings. The zero-order valence-electron chi connectivity index (χ0n) is 10.3. The van der Waals surface area contributed by atoms with E-state index in [9.17, 15) is 9.59 Å². The summed E-state index contributed by atoms with van der Waals surface area (Å²) in [6.45, 7) is 6.62. The number of carbonyl (C=O) groups excluding carboxylic acids is 2. The Kier molecular flexibility index (Phi) is 9.43. The van der Waals surface area contributed by atoms with Crippen molar-refractivity contribution in [1.82, 2.24) is 4.90 Å². The van der Waals surface area contributed by atoms with E-state index < -0.39 is 11.9 Å². The molecule has 0 saturated heterocycles. The third-order valence-electron chi connectivity index (χ3n) is 1.63. The smallest absolute Gasteiger partial charge is 0.331 e. The maximum absolute atomic E-state index is 10.6. The van der Waals surface area contributed by atoms with E-state index in [1.165, 1.54) is 0 Å². The van der Waals surface area contributed by atoms with Crippen LogP contribution in [0.15, 0.2) is 12.7 Å². The first-order valence-corrected chi connectivity index (χ1v) is 4.76. The quantitative estimate of drug-likeness (QED) is 0.384. The van der Waals surface area contributed by atoms with Crippen molar-refractivity contribution in [2.24, 2.45) is 11.5 Å². The zero-order chi connectivity index (χ0) is 13.3. The third kappa shape index (κ3) is 10.7. The molecule has 0 spiro atoms. The molecule has 4 N–H and O–H groups in total. The lowest BCUT2D eigenvalue weighted by Crippen LogP contribution is -2.32. The molecule has 6 nitrogen and oxygen atoms in total. The lowest BCUT2D eigenvalue weighted by molar-refractivity contribution is -0.149. The van der Waals surface area contributed by atoms with Crippen LogP contribution in [0, 0.1) is 0 Å². The van der Waals surface area contributed by atoms with E-state index in [0.29, 0.717) is 0 Å². The molecule has 0 rings (SSSR count). The van der Waals surface area contributed by atoms with Crippen molar-refractivity contribution < 1.29 is 14.3 Å². The Morgan fingerprint density at radius 2 is 1.75 bits per heavy atom. The number of hydrogen-bond acceptors (Lipinski definition) is 5. The predicted molar refractivity (Wildman–Crippen MR) is 62.3 cm³/mol. The van der Waals surface area contributed by atoms with E-state index in [-0.39, 0.29) is 12.2 Å². The molecule has 6 heteroatoms. The van der Waals surface area contributed by atoms with Gasteiger partial charge in [-0.05, 0) is 27.9 Å². The molecular weight excluding hydrogens is 210 g/mol. The maximum Gasteiger partial charge on any atom is 0.331 e. The van der Waals surface area contributed by atoms with Crippen molar-refractivity contribution in [3.05, 3.63) is 12.7 Å². The van der Waals surface area contributed by atoms with Crippen molar-refractivity contribution in [3.8, 4) is 0 Å². The van der Waals surface area contributed by atoms with E-state index in [4.69, 9.17) is 10.5 Å². The Hall–Kier alpha value is -1.40. The number of amides is 1. The fraction of sp³-hybridized carbons (Fsp3) is 0.600. The molecule has 0 aromatic rings. The van der Waals surface area contributed by atoms with Gasteiger partial charge in [0.15, 0.2) is 6.23 Å². The van der Waals surface area contributed by atoms with Gasteiger partial charge in [-0.3, -0.25) is 9.69 Å². The van der Waals surface area contributed by atoms with Crippen LogP contribution in [0.2, 0.25) is 0 Å². The molecule has 0 aromatic carbocycles. The first-order valence-electron chi connectivity index (χ1n) is 4.76. The lowest BCUT2D eigenvalue weighted by atomic mass is 10.4. The van der Waals surface area contributed by atoms with Gasteiger partial charge in [-0.1, -0.05) is 6.58 Å². The highest BCUT2D eigenvalue weighted by atomic mass is 16.6. The van der Waals surface area contributed by atoms with Crippen LogP contribution in [-0.2, 0) is 14.3 Å². The fourth-order valence-corrected chi connectivity index (χ4v) is 0.322. The average molecular weight is 231 g/mol. The Labute approximate surface area is 96.2 Å². The third-order valence-corrected chi connectivity index (χ3v) is 1.63. The van der Waals surface area contributed by atoms with Gasteiger partial charge in [-0.15, -0.1) is 0 Å². The first-order chi connectivity index (χ1) is 7.22.